The number of aromatic nitrogens is 4. The molecule has 0 bridgehead atoms. The first-order chi connectivity index (χ1) is 15.5. The van der Waals surface area contributed by atoms with Crippen LogP contribution in [-0.2, 0) is 13.1 Å². The zero-order valence-electron chi connectivity index (χ0n) is 17.9. The largest absolute Gasteiger partial charge is 0.391 e. The Hall–Kier alpha value is -2.66. The Morgan fingerprint density at radius 1 is 1.22 bits per heavy atom. The Morgan fingerprint density at radius 3 is 2.69 bits per heavy atom. The van der Waals surface area contributed by atoms with Crippen molar-refractivity contribution in [1.29, 1.82) is 0 Å². The third kappa shape index (κ3) is 3.95. The number of nitrogens with one attached hydrogen (secondary N) is 2. The Bertz CT molecular complexity index is 1140. The molecule has 1 aliphatic carbocycles. The number of imidazole rings is 1. The van der Waals surface area contributed by atoms with Gasteiger partial charge in [-0.1, -0.05) is 18.5 Å². The van der Waals surface area contributed by atoms with Gasteiger partial charge >= 0.3 is 0 Å². The van der Waals surface area contributed by atoms with Crippen LogP contribution in [0.1, 0.15) is 31.0 Å². The highest BCUT2D eigenvalue weighted by Gasteiger charge is 2.30. The second-order valence-corrected chi connectivity index (χ2v) is 9.02. The van der Waals surface area contributed by atoms with Crippen LogP contribution < -0.4 is 27.0 Å². The summed E-state index contributed by atoms with van der Waals surface area (Å²) in [6.07, 6.45) is 3.54. The molecule has 1 saturated heterocycles. The first-order valence-electron chi connectivity index (χ1n) is 10.9. The summed E-state index contributed by atoms with van der Waals surface area (Å²) in [4.78, 5) is 11.2. The lowest BCUT2D eigenvalue weighted by Gasteiger charge is -2.22. The molecule has 11 heteroatoms. The average Bonchev–Trinajstić information content (AvgIpc) is 3.40. The van der Waals surface area contributed by atoms with Gasteiger partial charge in [-0.2, -0.15) is 4.98 Å². The lowest BCUT2D eigenvalue weighted by molar-refractivity contribution is 0.157. The topological polar surface area (TPSA) is 143 Å². The molecular formula is C21H28ClN9O. The molecule has 32 heavy (non-hydrogen) atoms. The van der Waals surface area contributed by atoms with Crippen LogP contribution in [-0.4, -0.2) is 49.9 Å². The summed E-state index contributed by atoms with van der Waals surface area (Å²) in [7, 11) is 0. The average molecular weight is 458 g/mol. The first-order valence-corrected chi connectivity index (χ1v) is 11.3. The molecule has 0 spiro atoms. The predicted molar refractivity (Wildman–Crippen MR) is 125 cm³/mol. The molecule has 2 atom stereocenters. The van der Waals surface area contributed by atoms with Crippen LogP contribution in [0.2, 0.25) is 5.02 Å². The minimum absolute atomic E-state index is 0.168. The molecule has 10 nitrogen and oxygen atoms in total. The number of aliphatic hydroxyl groups is 1. The van der Waals surface area contributed by atoms with Gasteiger partial charge in [0.25, 0.3) is 0 Å². The number of nitrogens with zero attached hydrogens (tertiary/aromatic N) is 5. The van der Waals surface area contributed by atoms with Crippen molar-refractivity contribution in [2.24, 2.45) is 17.4 Å². The van der Waals surface area contributed by atoms with Crippen molar-refractivity contribution in [2.45, 2.75) is 45.0 Å². The van der Waals surface area contributed by atoms with Crippen LogP contribution in [0, 0.1) is 5.92 Å². The maximum atomic E-state index is 10.2. The normalized spacial score (nSPS) is 20.8. The summed E-state index contributed by atoms with van der Waals surface area (Å²) in [6.45, 7) is 3.95. The fourth-order valence-electron chi connectivity index (χ4n) is 4.01. The van der Waals surface area contributed by atoms with E-state index in [2.05, 4.69) is 30.6 Å². The number of hydrogen-bond donors (Lipinski definition) is 5. The Balaban J connectivity index is 1.53. The molecule has 1 aliphatic heterocycles. The fourth-order valence-corrected chi connectivity index (χ4v) is 4.29. The van der Waals surface area contributed by atoms with E-state index in [0.717, 1.165) is 36.3 Å². The Labute approximate surface area is 191 Å². The van der Waals surface area contributed by atoms with Crippen molar-refractivity contribution < 1.29 is 5.11 Å². The van der Waals surface area contributed by atoms with Crippen molar-refractivity contribution in [2.75, 3.05) is 28.6 Å². The third-order valence-corrected chi connectivity index (χ3v) is 6.47. The third-order valence-electron chi connectivity index (χ3n) is 6.07. The van der Waals surface area contributed by atoms with Gasteiger partial charge in [0, 0.05) is 38.1 Å². The number of halogens is 1. The minimum atomic E-state index is -0.387. The molecule has 0 amide bonds. The van der Waals surface area contributed by atoms with E-state index in [-0.39, 0.29) is 12.0 Å². The van der Waals surface area contributed by atoms with Gasteiger partial charge < -0.3 is 32.1 Å². The molecular weight excluding hydrogens is 430 g/mol. The standard InChI is InChI=1S/C21H28ClN9O/c1-11-9-30(10-17(11)32)16-5-12(6-23)4-15(18(16)22)27-21-28-19(26-13-2-3-13)20-25-8-14(7-24)31(20)29-21/h4-5,8,11,13,17,32H,2-3,6-7,9-10,23-24H2,1H3,(H2,26,27,28,29)/t11-,17+/m1/s1. The van der Waals surface area contributed by atoms with Gasteiger partial charge in [0.2, 0.25) is 5.95 Å². The quantitative estimate of drug-likeness (QED) is 0.359. The van der Waals surface area contributed by atoms with Gasteiger partial charge in [-0.3, -0.25) is 0 Å². The lowest BCUT2D eigenvalue weighted by atomic mass is 10.1. The summed E-state index contributed by atoms with van der Waals surface area (Å²) in [6, 6.07) is 4.28. The summed E-state index contributed by atoms with van der Waals surface area (Å²) in [5.74, 6) is 1.21. The van der Waals surface area contributed by atoms with Gasteiger partial charge in [0.15, 0.2) is 11.5 Å². The van der Waals surface area contributed by atoms with E-state index in [1.54, 1.807) is 10.7 Å². The second-order valence-electron chi connectivity index (χ2n) is 8.65. The molecule has 170 valence electrons. The highest BCUT2D eigenvalue weighted by atomic mass is 35.5. The zero-order chi connectivity index (χ0) is 22.4. The van der Waals surface area contributed by atoms with E-state index in [4.69, 9.17) is 23.1 Å². The lowest BCUT2D eigenvalue weighted by Crippen LogP contribution is -2.22. The van der Waals surface area contributed by atoms with Crippen molar-refractivity contribution in [3.63, 3.8) is 0 Å². The Kier molecular flexibility index (Phi) is 5.54. The van der Waals surface area contributed by atoms with E-state index in [9.17, 15) is 5.11 Å². The maximum absolute atomic E-state index is 10.2. The number of hydrogen-bond acceptors (Lipinski definition) is 9. The van der Waals surface area contributed by atoms with E-state index in [0.29, 0.717) is 53.8 Å². The molecule has 3 aromatic rings. The number of benzene rings is 1. The number of fused-ring (bicyclic) bond motifs is 1. The predicted octanol–water partition coefficient (Wildman–Crippen LogP) is 1.83. The first kappa shape index (κ1) is 21.2. The fraction of sp³-hybridized carbons (Fsp3) is 0.476. The molecule has 2 aliphatic rings. The maximum Gasteiger partial charge on any atom is 0.247 e. The number of rotatable bonds is 7. The summed E-state index contributed by atoms with van der Waals surface area (Å²) in [5.41, 5.74) is 15.7. The molecule has 3 heterocycles. The van der Waals surface area contributed by atoms with Crippen LogP contribution in [0.5, 0.6) is 0 Å². The number of anilines is 4. The molecule has 0 unspecified atom stereocenters. The van der Waals surface area contributed by atoms with Crippen molar-refractivity contribution in [1.82, 2.24) is 19.6 Å². The summed E-state index contributed by atoms with van der Waals surface area (Å²) >= 11 is 6.82. The van der Waals surface area contributed by atoms with Crippen molar-refractivity contribution in [3.8, 4) is 0 Å². The minimum Gasteiger partial charge on any atom is -0.391 e. The van der Waals surface area contributed by atoms with Crippen LogP contribution >= 0.6 is 11.6 Å². The number of aliphatic hydroxyl groups excluding tert-OH is 1. The molecule has 1 aromatic carbocycles. The Morgan fingerprint density at radius 2 is 2.03 bits per heavy atom. The highest BCUT2D eigenvalue weighted by molar-refractivity contribution is 6.36. The zero-order valence-corrected chi connectivity index (χ0v) is 18.7. The van der Waals surface area contributed by atoms with Gasteiger partial charge in [-0.15, -0.1) is 5.10 Å². The van der Waals surface area contributed by atoms with Crippen LogP contribution in [0.3, 0.4) is 0 Å². The van der Waals surface area contributed by atoms with Crippen molar-refractivity contribution >= 4 is 40.4 Å². The van der Waals surface area contributed by atoms with Crippen LogP contribution in [0.4, 0.5) is 23.1 Å². The molecule has 1 saturated carbocycles. The van der Waals surface area contributed by atoms with Gasteiger partial charge in [-0.05, 0) is 30.5 Å². The van der Waals surface area contributed by atoms with E-state index >= 15 is 0 Å². The number of nitrogens with two attached hydrogens (primary N) is 2. The van der Waals surface area contributed by atoms with Crippen molar-refractivity contribution in [3.05, 3.63) is 34.6 Å². The van der Waals surface area contributed by atoms with Gasteiger partial charge in [0.05, 0.1) is 34.4 Å². The SMILES string of the molecule is C[C@@H]1CN(c2cc(CN)cc(Nc3nc(NC4CC4)c4ncc(CN)n4n3)c2Cl)C[C@@H]1O. The molecule has 2 fully saturated rings. The monoisotopic (exact) mass is 457 g/mol. The van der Waals surface area contributed by atoms with E-state index in [1.807, 2.05) is 19.1 Å². The smallest absolute Gasteiger partial charge is 0.247 e. The van der Waals surface area contributed by atoms with E-state index in [1.165, 1.54) is 0 Å². The summed E-state index contributed by atoms with van der Waals surface area (Å²) < 4.78 is 1.71. The summed E-state index contributed by atoms with van der Waals surface area (Å²) in [5, 5.41) is 22.1. The molecule has 7 N–H and O–H groups in total. The molecule has 5 rings (SSSR count). The van der Waals surface area contributed by atoms with Crippen LogP contribution in [0.25, 0.3) is 5.65 Å². The molecule has 2 aromatic heterocycles. The highest BCUT2D eigenvalue weighted by Crippen LogP contribution is 2.38. The van der Waals surface area contributed by atoms with Crippen LogP contribution in [0.15, 0.2) is 18.3 Å². The van der Waals surface area contributed by atoms with E-state index < -0.39 is 0 Å². The molecule has 0 radical (unpaired) electrons. The van der Waals surface area contributed by atoms with Gasteiger partial charge in [-0.25, -0.2) is 9.50 Å². The second kappa shape index (κ2) is 8.36. The number of β-amino-alcohol motifs (C(OH)–C–C–N with tert-alkyl or cyclic N) is 1. The van der Waals surface area contributed by atoms with Gasteiger partial charge in [0.1, 0.15) is 0 Å².